The number of H-pyrrole nitrogens is 1. The zero-order valence-corrected chi connectivity index (χ0v) is 21.6. The summed E-state index contributed by atoms with van der Waals surface area (Å²) < 4.78 is 14.3. The van der Waals surface area contributed by atoms with Crippen molar-refractivity contribution in [1.82, 2.24) is 9.55 Å². The first-order valence-corrected chi connectivity index (χ1v) is 13.8. The van der Waals surface area contributed by atoms with Gasteiger partial charge in [-0.2, -0.15) is 0 Å². The fourth-order valence-electron chi connectivity index (χ4n) is 5.11. The van der Waals surface area contributed by atoms with E-state index in [1.807, 2.05) is 36.4 Å². The molecule has 0 amide bonds. The summed E-state index contributed by atoms with van der Waals surface area (Å²) in [5.74, 6) is -0.565. The van der Waals surface area contributed by atoms with E-state index in [9.17, 15) is 14.7 Å². The summed E-state index contributed by atoms with van der Waals surface area (Å²) in [6.07, 6.45) is -1.47. The molecule has 1 saturated heterocycles. The van der Waals surface area contributed by atoms with Crippen LogP contribution < -0.4 is 21.6 Å². The first-order chi connectivity index (χ1) is 17.2. The first kappa shape index (κ1) is 25.8. The largest absolute Gasteiger partial charge is 0.405 e. The average molecular weight is 506 g/mol. The Kier molecular flexibility index (Phi) is 7.43. The monoisotopic (exact) mass is 505 g/mol. The van der Waals surface area contributed by atoms with Gasteiger partial charge in [-0.05, 0) is 15.4 Å². The first-order valence-electron chi connectivity index (χ1n) is 11.9. The van der Waals surface area contributed by atoms with E-state index in [1.165, 1.54) is 12.3 Å². The fraction of sp³-hybridized carbons (Fsp3) is 0.370. The molecule has 188 valence electrons. The van der Waals surface area contributed by atoms with Crippen LogP contribution in [0.2, 0.25) is 5.04 Å². The lowest BCUT2D eigenvalue weighted by Gasteiger charge is -2.43. The zero-order chi connectivity index (χ0) is 25.9. The minimum absolute atomic E-state index is 0.0184. The number of aliphatic hydroxyl groups excluding tert-OH is 1. The summed E-state index contributed by atoms with van der Waals surface area (Å²) in [6, 6.07) is 21.5. The Morgan fingerprint density at radius 2 is 1.64 bits per heavy atom. The molecule has 1 aliphatic rings. The molecule has 0 spiro atoms. The molecule has 2 aromatic carbocycles. The molecule has 8 nitrogen and oxygen atoms in total. The molecule has 0 bridgehead atoms. The van der Waals surface area contributed by atoms with Crippen molar-refractivity contribution in [2.24, 2.45) is 5.92 Å². The Hall–Kier alpha value is -3.29. The highest BCUT2D eigenvalue weighted by Crippen LogP contribution is 2.39. The van der Waals surface area contributed by atoms with Gasteiger partial charge in [-0.25, -0.2) is 11.4 Å². The van der Waals surface area contributed by atoms with Gasteiger partial charge in [0, 0.05) is 12.3 Å². The van der Waals surface area contributed by atoms with Crippen LogP contribution in [0.1, 0.15) is 27.0 Å². The number of nitrogens with zero attached hydrogens (tertiary/aromatic N) is 2. The molecule has 0 saturated carbocycles. The summed E-state index contributed by atoms with van der Waals surface area (Å²) in [5, 5.41) is 13.0. The van der Waals surface area contributed by atoms with Gasteiger partial charge < -0.3 is 19.1 Å². The molecule has 3 aromatic rings. The normalized spacial score (nSPS) is 22.3. The van der Waals surface area contributed by atoms with E-state index in [2.05, 4.69) is 54.9 Å². The van der Waals surface area contributed by atoms with Gasteiger partial charge in [-0.1, -0.05) is 81.4 Å². The maximum Gasteiger partial charge on any atom is 0.330 e. The Bertz CT molecular complexity index is 1290. The van der Waals surface area contributed by atoms with Crippen LogP contribution in [0.3, 0.4) is 0 Å². The Labute approximate surface area is 211 Å². The van der Waals surface area contributed by atoms with Crippen LogP contribution in [0.5, 0.6) is 0 Å². The highest BCUT2D eigenvalue weighted by atomic mass is 28.4. The molecular weight excluding hydrogens is 474 g/mol. The molecular formula is C27H31N3O5Si. The average Bonchev–Trinajstić information content (AvgIpc) is 3.15. The quantitative estimate of drug-likeness (QED) is 0.378. The van der Waals surface area contributed by atoms with Gasteiger partial charge in [0.25, 0.3) is 13.9 Å². The van der Waals surface area contributed by atoms with Gasteiger partial charge in [0.1, 0.15) is 6.10 Å². The molecule has 0 radical (unpaired) electrons. The minimum atomic E-state index is -2.87. The van der Waals surface area contributed by atoms with E-state index >= 15 is 0 Å². The van der Waals surface area contributed by atoms with Gasteiger partial charge in [0.2, 0.25) is 6.54 Å². The Morgan fingerprint density at radius 3 is 2.14 bits per heavy atom. The van der Waals surface area contributed by atoms with Crippen LogP contribution in [0.25, 0.3) is 4.85 Å². The predicted octanol–water partition coefficient (Wildman–Crippen LogP) is 1.91. The van der Waals surface area contributed by atoms with E-state index < -0.39 is 43.9 Å². The van der Waals surface area contributed by atoms with Gasteiger partial charge in [-0.15, -0.1) is 0 Å². The molecule has 0 unspecified atom stereocenters. The van der Waals surface area contributed by atoms with Crippen LogP contribution >= 0.6 is 0 Å². The fourth-order valence-corrected chi connectivity index (χ4v) is 9.68. The molecule has 9 heteroatoms. The van der Waals surface area contributed by atoms with Crippen molar-refractivity contribution in [3.05, 3.63) is 105 Å². The van der Waals surface area contributed by atoms with E-state index in [0.717, 1.165) is 14.9 Å². The van der Waals surface area contributed by atoms with Crippen LogP contribution in [0.15, 0.2) is 82.5 Å². The number of nitrogens with one attached hydrogen (secondary N) is 1. The number of benzene rings is 2. The summed E-state index contributed by atoms with van der Waals surface area (Å²) in [5.41, 5.74) is -1.21. The van der Waals surface area contributed by atoms with E-state index in [0.29, 0.717) is 0 Å². The van der Waals surface area contributed by atoms with Crippen LogP contribution in [0, 0.1) is 12.5 Å². The number of rotatable bonds is 7. The summed E-state index contributed by atoms with van der Waals surface area (Å²) >= 11 is 0. The van der Waals surface area contributed by atoms with Gasteiger partial charge in [0.05, 0.1) is 18.6 Å². The maximum atomic E-state index is 12.4. The second-order valence-electron chi connectivity index (χ2n) is 10.1. The molecule has 1 aromatic heterocycles. The van der Waals surface area contributed by atoms with E-state index in [-0.39, 0.29) is 18.2 Å². The molecule has 1 aliphatic heterocycles. The van der Waals surface area contributed by atoms with Gasteiger partial charge >= 0.3 is 5.69 Å². The molecule has 4 rings (SSSR count). The molecule has 4 atom stereocenters. The summed E-state index contributed by atoms with van der Waals surface area (Å²) in [4.78, 5) is 29.6. The summed E-state index contributed by atoms with van der Waals surface area (Å²) in [7, 11) is -2.87. The molecule has 1 fully saturated rings. The summed E-state index contributed by atoms with van der Waals surface area (Å²) in [6.45, 7) is 14.1. The highest BCUT2D eigenvalue weighted by molar-refractivity contribution is 6.99. The smallest absolute Gasteiger partial charge is 0.330 e. The Balaban J connectivity index is 1.72. The van der Waals surface area contributed by atoms with Gasteiger partial charge in [-0.3, -0.25) is 14.3 Å². The highest BCUT2D eigenvalue weighted by Gasteiger charge is 2.53. The number of ether oxygens (including phenoxy) is 1. The third kappa shape index (κ3) is 4.73. The lowest BCUT2D eigenvalue weighted by atomic mass is 9.98. The molecule has 2 N–H and O–H groups in total. The standard InChI is InChI=1S/C27H31N3O5Si/c1-27(2,3)36(19-11-7-5-8-12-19,20-13-9-6-10-14-20)34-18-22-21(17-28-4)24(32)25(35-22)30-16-15-23(31)29-26(30)33/h5-16,21-22,24-25,32H,17-18H2,1-3H3,(H,29,31,33)/t21-,22-,24-,25-/m1/s1. The second-order valence-corrected chi connectivity index (χ2v) is 14.4. The van der Waals surface area contributed by atoms with Crippen molar-refractivity contribution in [3.63, 3.8) is 0 Å². The zero-order valence-electron chi connectivity index (χ0n) is 20.6. The third-order valence-corrected chi connectivity index (χ3v) is 11.8. The van der Waals surface area contributed by atoms with Crippen LogP contribution in [0.4, 0.5) is 0 Å². The molecule has 0 aliphatic carbocycles. The molecule has 2 heterocycles. The Morgan fingerprint density at radius 1 is 1.06 bits per heavy atom. The van der Waals surface area contributed by atoms with E-state index in [1.54, 1.807) is 0 Å². The van der Waals surface area contributed by atoms with Crippen molar-refractivity contribution in [2.75, 3.05) is 13.2 Å². The SMILES string of the molecule is [C-]#[N+]C[C@H]1[C@@H](O)[C@H](n2ccc(=O)[nH]c2=O)O[C@@H]1CO[Si](c1ccccc1)(c1ccccc1)C(C)(C)C. The third-order valence-electron chi connectivity index (χ3n) is 6.83. The molecule has 36 heavy (non-hydrogen) atoms. The number of aromatic amines is 1. The number of aliphatic hydroxyl groups is 1. The number of hydrogen-bond acceptors (Lipinski definition) is 5. The minimum Gasteiger partial charge on any atom is -0.405 e. The van der Waals surface area contributed by atoms with Crippen molar-refractivity contribution < 1.29 is 14.3 Å². The van der Waals surface area contributed by atoms with Gasteiger partial charge in [0.15, 0.2) is 6.23 Å². The van der Waals surface area contributed by atoms with Crippen LogP contribution in [-0.4, -0.2) is 48.3 Å². The van der Waals surface area contributed by atoms with Crippen molar-refractivity contribution in [1.29, 1.82) is 0 Å². The van der Waals surface area contributed by atoms with E-state index in [4.69, 9.17) is 15.7 Å². The van der Waals surface area contributed by atoms with Crippen molar-refractivity contribution in [3.8, 4) is 0 Å². The number of aromatic nitrogens is 2. The number of hydrogen-bond donors (Lipinski definition) is 2. The topological polar surface area (TPSA) is 97.9 Å². The second kappa shape index (κ2) is 10.4. The maximum absolute atomic E-state index is 12.4. The predicted molar refractivity (Wildman–Crippen MR) is 140 cm³/mol. The van der Waals surface area contributed by atoms with Crippen LogP contribution in [-0.2, 0) is 9.16 Å². The lowest BCUT2D eigenvalue weighted by molar-refractivity contribution is -0.0515. The van der Waals surface area contributed by atoms with Crippen molar-refractivity contribution in [2.45, 2.75) is 44.2 Å². The lowest BCUT2D eigenvalue weighted by Crippen LogP contribution is -2.67. The van der Waals surface area contributed by atoms with Crippen molar-refractivity contribution >= 4 is 18.7 Å².